The molecule has 4 heteroatoms. The van der Waals surface area contributed by atoms with E-state index >= 15 is 0 Å². The second-order valence-electron chi connectivity index (χ2n) is 3.49. The van der Waals surface area contributed by atoms with Crippen LogP contribution in [0.5, 0.6) is 0 Å². The smallest absolute Gasteiger partial charge is 0.0411 e. The maximum Gasteiger partial charge on any atom is 0.0411 e. The minimum atomic E-state index is 1.10. The zero-order chi connectivity index (χ0) is 12.2. The molecule has 0 bridgehead atoms. The van der Waals surface area contributed by atoms with E-state index in [-0.39, 0.29) is 0 Å². The van der Waals surface area contributed by atoms with Gasteiger partial charge >= 0.3 is 0 Å². The third-order valence-corrected chi connectivity index (χ3v) is 5.57. The molecule has 0 aliphatic carbocycles. The van der Waals surface area contributed by atoms with Gasteiger partial charge in [0.1, 0.15) is 0 Å². The predicted molar refractivity (Wildman–Crippen MR) is 85.6 cm³/mol. The van der Waals surface area contributed by atoms with Gasteiger partial charge in [0.05, 0.1) is 0 Å². The van der Waals surface area contributed by atoms with Crippen LogP contribution < -0.4 is 0 Å². The second-order valence-corrected chi connectivity index (χ2v) is 7.34. The van der Waals surface area contributed by atoms with Crippen molar-refractivity contribution in [2.75, 3.05) is 34.5 Å². The number of aryl methyl sites for hydroxylation is 1. The molecule has 0 atom stereocenters. The van der Waals surface area contributed by atoms with Crippen LogP contribution in [0, 0.1) is 0 Å². The lowest BCUT2D eigenvalue weighted by Gasteiger charge is -2.02. The number of rotatable bonds is 10. The lowest BCUT2D eigenvalue weighted by atomic mass is 10.3. The largest absolute Gasteiger partial charge is 0.261 e. The van der Waals surface area contributed by atoms with Gasteiger partial charge in [0, 0.05) is 34.9 Å². The fourth-order valence-electron chi connectivity index (χ4n) is 1.31. The van der Waals surface area contributed by atoms with Gasteiger partial charge in [-0.1, -0.05) is 13.0 Å². The van der Waals surface area contributed by atoms with Gasteiger partial charge in [0.15, 0.2) is 0 Å². The van der Waals surface area contributed by atoms with Crippen LogP contribution >= 0.6 is 35.3 Å². The van der Waals surface area contributed by atoms with Crippen molar-refractivity contribution >= 4 is 35.3 Å². The average Bonchev–Trinajstić information content (AvgIpc) is 2.38. The average molecular weight is 288 g/mol. The van der Waals surface area contributed by atoms with Gasteiger partial charge in [-0.2, -0.15) is 35.3 Å². The Morgan fingerprint density at radius 3 is 2.29 bits per heavy atom. The van der Waals surface area contributed by atoms with E-state index in [1.807, 2.05) is 35.8 Å². The molecule has 1 heterocycles. The Kier molecular flexibility index (Phi) is 10.1. The Balaban J connectivity index is 1.85. The second kappa shape index (κ2) is 11.3. The molecule has 0 aromatic carbocycles. The Labute approximate surface area is 118 Å². The number of nitrogens with zero attached hydrogens (tertiary/aromatic N) is 1. The molecule has 0 unspecified atom stereocenters. The topological polar surface area (TPSA) is 12.9 Å². The van der Waals surface area contributed by atoms with E-state index in [2.05, 4.69) is 35.8 Å². The summed E-state index contributed by atoms with van der Waals surface area (Å²) in [4.78, 5) is 4.33. The summed E-state index contributed by atoms with van der Waals surface area (Å²) >= 11 is 6.16. The first kappa shape index (κ1) is 15.3. The molecule has 0 aliphatic heterocycles. The fourth-order valence-corrected chi connectivity index (χ4v) is 4.24. The van der Waals surface area contributed by atoms with Crippen LogP contribution in [0.2, 0.25) is 0 Å². The van der Waals surface area contributed by atoms with E-state index in [0.29, 0.717) is 0 Å². The van der Waals surface area contributed by atoms with E-state index in [4.69, 9.17) is 0 Å². The van der Waals surface area contributed by atoms with E-state index in [0.717, 1.165) is 6.42 Å². The Morgan fingerprint density at radius 2 is 1.65 bits per heavy atom. The van der Waals surface area contributed by atoms with E-state index in [1.54, 1.807) is 0 Å². The van der Waals surface area contributed by atoms with Crippen LogP contribution in [0.3, 0.4) is 0 Å². The summed E-state index contributed by atoms with van der Waals surface area (Å²) in [6.45, 7) is 2.23. The minimum Gasteiger partial charge on any atom is -0.261 e. The van der Waals surface area contributed by atoms with Crippen LogP contribution in [0.25, 0.3) is 0 Å². The fraction of sp³-hybridized carbons (Fsp3) is 0.615. The highest BCUT2D eigenvalue weighted by atomic mass is 32.2. The zero-order valence-electron chi connectivity index (χ0n) is 10.4. The molecule has 0 radical (unpaired) electrons. The van der Waals surface area contributed by atoms with E-state index in [1.165, 1.54) is 40.2 Å². The van der Waals surface area contributed by atoms with E-state index in [9.17, 15) is 0 Å². The van der Waals surface area contributed by atoms with Crippen LogP contribution in [-0.4, -0.2) is 39.5 Å². The molecule has 0 saturated heterocycles. The van der Waals surface area contributed by atoms with Crippen molar-refractivity contribution in [1.82, 2.24) is 4.98 Å². The highest BCUT2D eigenvalue weighted by Crippen LogP contribution is 2.11. The number of thioether (sulfide) groups is 3. The summed E-state index contributed by atoms with van der Waals surface area (Å²) in [5.41, 5.74) is 1.21. The van der Waals surface area contributed by atoms with Crippen LogP contribution in [0.15, 0.2) is 24.4 Å². The van der Waals surface area contributed by atoms with Crippen LogP contribution in [0.1, 0.15) is 12.6 Å². The highest BCUT2D eigenvalue weighted by Gasteiger charge is 1.94. The molecule has 0 N–H and O–H groups in total. The Morgan fingerprint density at radius 1 is 0.941 bits per heavy atom. The minimum absolute atomic E-state index is 1.10. The quantitative estimate of drug-likeness (QED) is 0.606. The Hall–Kier alpha value is 0.200. The maximum absolute atomic E-state index is 4.33. The van der Waals surface area contributed by atoms with Crippen molar-refractivity contribution in [3.8, 4) is 0 Å². The molecular formula is C13H21NS3. The molecule has 1 aromatic heterocycles. The number of hydrogen-bond donors (Lipinski definition) is 0. The molecule has 0 aliphatic rings. The first-order valence-corrected chi connectivity index (χ1v) is 9.53. The van der Waals surface area contributed by atoms with Crippen molar-refractivity contribution < 1.29 is 0 Å². The van der Waals surface area contributed by atoms with Gasteiger partial charge in [-0.15, -0.1) is 0 Å². The van der Waals surface area contributed by atoms with Crippen LogP contribution in [0.4, 0.5) is 0 Å². The third kappa shape index (κ3) is 8.86. The lowest BCUT2D eigenvalue weighted by molar-refractivity contribution is 1.05. The van der Waals surface area contributed by atoms with Gasteiger partial charge in [0.2, 0.25) is 0 Å². The molecule has 1 rings (SSSR count). The van der Waals surface area contributed by atoms with Gasteiger partial charge in [0.25, 0.3) is 0 Å². The molecule has 1 nitrogen and oxygen atoms in total. The number of pyridine rings is 1. The van der Waals surface area contributed by atoms with Crippen molar-refractivity contribution in [3.05, 3.63) is 30.1 Å². The molecule has 0 fully saturated rings. The lowest BCUT2D eigenvalue weighted by Crippen LogP contribution is -1.95. The third-order valence-electron chi connectivity index (χ3n) is 2.18. The summed E-state index contributed by atoms with van der Waals surface area (Å²) in [6, 6.07) is 6.15. The van der Waals surface area contributed by atoms with Crippen LogP contribution in [-0.2, 0) is 6.42 Å². The van der Waals surface area contributed by atoms with Gasteiger partial charge < -0.3 is 0 Å². The first-order chi connectivity index (χ1) is 8.43. The SMILES string of the molecule is CCSCCSCCSCCc1ccccn1. The standard InChI is InChI=1S/C13H21NS3/c1-2-15-9-10-17-12-11-16-8-6-13-5-3-4-7-14-13/h3-5,7H,2,6,8-12H2,1H3. The molecule has 1 aromatic rings. The molecule has 0 amide bonds. The van der Waals surface area contributed by atoms with Gasteiger partial charge in [-0.05, 0) is 30.1 Å². The molecule has 0 spiro atoms. The maximum atomic E-state index is 4.33. The zero-order valence-corrected chi connectivity index (χ0v) is 12.9. The summed E-state index contributed by atoms with van der Waals surface area (Å²) in [6.07, 6.45) is 2.98. The summed E-state index contributed by atoms with van der Waals surface area (Å²) < 4.78 is 0. The first-order valence-electron chi connectivity index (χ1n) is 6.06. The highest BCUT2D eigenvalue weighted by molar-refractivity contribution is 8.04. The molecular weight excluding hydrogens is 266 g/mol. The van der Waals surface area contributed by atoms with Crippen molar-refractivity contribution in [2.24, 2.45) is 0 Å². The summed E-state index contributed by atoms with van der Waals surface area (Å²) in [5, 5.41) is 0. The summed E-state index contributed by atoms with van der Waals surface area (Å²) in [7, 11) is 0. The van der Waals surface area contributed by atoms with E-state index < -0.39 is 0 Å². The molecule has 0 saturated carbocycles. The van der Waals surface area contributed by atoms with Gasteiger partial charge in [-0.25, -0.2) is 0 Å². The normalized spacial score (nSPS) is 10.6. The van der Waals surface area contributed by atoms with Crippen molar-refractivity contribution in [2.45, 2.75) is 13.3 Å². The van der Waals surface area contributed by atoms with Crippen molar-refractivity contribution in [1.29, 1.82) is 0 Å². The monoisotopic (exact) mass is 287 g/mol. The molecule has 17 heavy (non-hydrogen) atoms. The summed E-state index contributed by atoms with van der Waals surface area (Å²) in [5.74, 6) is 7.62. The molecule has 96 valence electrons. The Bertz CT molecular complexity index is 267. The number of aromatic nitrogens is 1. The van der Waals surface area contributed by atoms with Crippen molar-refractivity contribution in [3.63, 3.8) is 0 Å². The van der Waals surface area contributed by atoms with Gasteiger partial charge in [-0.3, -0.25) is 4.98 Å². The predicted octanol–water partition coefficient (Wildman–Crippen LogP) is 3.84. The number of hydrogen-bond acceptors (Lipinski definition) is 4.